The van der Waals surface area contributed by atoms with Gasteiger partial charge in [-0.2, -0.15) is 4.98 Å². The summed E-state index contributed by atoms with van der Waals surface area (Å²) in [6.45, 7) is 3.81. The molecule has 0 saturated carbocycles. The highest BCUT2D eigenvalue weighted by molar-refractivity contribution is 7.92. The highest BCUT2D eigenvalue weighted by atomic mass is 35.5. The summed E-state index contributed by atoms with van der Waals surface area (Å²) in [4.78, 5) is 8.14. The maximum absolute atomic E-state index is 12.3. The average molecular weight is 342 g/mol. The lowest BCUT2D eigenvalue weighted by Gasteiger charge is -2.11. The predicted molar refractivity (Wildman–Crippen MR) is 87.5 cm³/mol. The van der Waals surface area contributed by atoms with Crippen LogP contribution in [-0.2, 0) is 10.0 Å². The summed E-state index contributed by atoms with van der Waals surface area (Å²) >= 11 is 5.89. The van der Waals surface area contributed by atoms with Crippen LogP contribution in [0.4, 0.5) is 17.5 Å². The Labute approximate surface area is 134 Å². The van der Waals surface area contributed by atoms with Crippen molar-refractivity contribution < 1.29 is 8.42 Å². The van der Waals surface area contributed by atoms with Crippen LogP contribution in [0, 0.1) is 0 Å². The Morgan fingerprint density at radius 2 is 1.82 bits per heavy atom. The van der Waals surface area contributed by atoms with Crippen LogP contribution in [0.3, 0.4) is 0 Å². The van der Waals surface area contributed by atoms with E-state index in [0.717, 1.165) is 0 Å². The van der Waals surface area contributed by atoms with Gasteiger partial charge < -0.3 is 11.1 Å². The molecule has 0 aliphatic carbocycles. The Balaban J connectivity index is 2.29. The fourth-order valence-corrected chi connectivity index (χ4v) is 2.81. The summed E-state index contributed by atoms with van der Waals surface area (Å²) in [7, 11) is -3.77. The summed E-state index contributed by atoms with van der Waals surface area (Å²) in [5, 5.41) is 3.09. The van der Waals surface area contributed by atoms with Crippen LogP contribution < -0.4 is 15.8 Å². The van der Waals surface area contributed by atoms with Crippen LogP contribution in [0.5, 0.6) is 0 Å². The first-order chi connectivity index (χ1) is 10.3. The van der Waals surface area contributed by atoms with Gasteiger partial charge >= 0.3 is 0 Å². The molecule has 9 heteroatoms. The predicted octanol–water partition coefficient (Wildman–Crippen LogP) is 2.33. The Hall–Kier alpha value is -2.06. The number of rotatable bonds is 5. The van der Waals surface area contributed by atoms with Gasteiger partial charge in [0.15, 0.2) is 0 Å². The molecule has 0 bridgehead atoms. The van der Waals surface area contributed by atoms with Crippen molar-refractivity contribution in [2.45, 2.75) is 24.8 Å². The molecule has 0 fully saturated rings. The molecule has 0 aliphatic heterocycles. The zero-order valence-corrected chi connectivity index (χ0v) is 13.6. The first kappa shape index (κ1) is 16.3. The number of nitrogens with two attached hydrogens (primary N) is 1. The molecular formula is C13H16ClN5O2S. The Kier molecular flexibility index (Phi) is 4.72. The number of sulfonamides is 1. The van der Waals surface area contributed by atoms with Gasteiger partial charge in [0.25, 0.3) is 10.0 Å². The molecule has 4 N–H and O–H groups in total. The molecule has 2 aromatic rings. The summed E-state index contributed by atoms with van der Waals surface area (Å²) in [6.07, 6.45) is 0. The number of benzene rings is 1. The van der Waals surface area contributed by atoms with Gasteiger partial charge in [0, 0.05) is 17.8 Å². The van der Waals surface area contributed by atoms with E-state index in [1.54, 1.807) is 0 Å². The third-order valence-corrected chi connectivity index (χ3v) is 4.11. The highest BCUT2D eigenvalue weighted by Crippen LogP contribution is 2.19. The standard InChI is InChI=1S/C13H16ClN5O2S/c1-8(2)16-13-17-11(14)7-12(18-13)19-22(20,21)10-5-3-9(15)4-6-10/h3-8H,15H2,1-2H3,(H2,16,17,18,19). The molecule has 1 aromatic heterocycles. The van der Waals surface area contributed by atoms with E-state index >= 15 is 0 Å². The van der Waals surface area contributed by atoms with Crippen molar-refractivity contribution >= 4 is 39.1 Å². The smallest absolute Gasteiger partial charge is 0.263 e. The van der Waals surface area contributed by atoms with E-state index in [9.17, 15) is 8.42 Å². The van der Waals surface area contributed by atoms with Crippen molar-refractivity contribution in [1.29, 1.82) is 0 Å². The van der Waals surface area contributed by atoms with Crippen molar-refractivity contribution in [2.75, 3.05) is 15.8 Å². The molecule has 2 rings (SSSR count). The van der Waals surface area contributed by atoms with E-state index in [0.29, 0.717) is 5.69 Å². The first-order valence-electron chi connectivity index (χ1n) is 6.46. The maximum atomic E-state index is 12.3. The van der Waals surface area contributed by atoms with Crippen molar-refractivity contribution in [1.82, 2.24) is 9.97 Å². The molecule has 0 saturated heterocycles. The summed E-state index contributed by atoms with van der Waals surface area (Å²) in [5.41, 5.74) is 6.03. The molecule has 118 valence electrons. The third kappa shape index (κ3) is 4.22. The quantitative estimate of drug-likeness (QED) is 0.568. The van der Waals surface area contributed by atoms with Crippen LogP contribution in [0.2, 0.25) is 5.15 Å². The lowest BCUT2D eigenvalue weighted by Crippen LogP contribution is -2.17. The van der Waals surface area contributed by atoms with E-state index in [-0.39, 0.29) is 27.9 Å². The molecule has 0 unspecified atom stereocenters. The third-order valence-electron chi connectivity index (χ3n) is 2.54. The van der Waals surface area contributed by atoms with Crippen LogP contribution in [0.15, 0.2) is 35.2 Å². The largest absolute Gasteiger partial charge is 0.399 e. The SMILES string of the molecule is CC(C)Nc1nc(Cl)cc(NS(=O)(=O)c2ccc(N)cc2)n1. The zero-order valence-electron chi connectivity index (χ0n) is 12.0. The van der Waals surface area contributed by atoms with Crippen LogP contribution in [0.1, 0.15) is 13.8 Å². The van der Waals surface area contributed by atoms with Gasteiger partial charge in [0.1, 0.15) is 11.0 Å². The normalized spacial score (nSPS) is 11.5. The monoisotopic (exact) mass is 341 g/mol. The van der Waals surface area contributed by atoms with Crippen molar-refractivity contribution in [3.05, 3.63) is 35.5 Å². The van der Waals surface area contributed by atoms with Crippen LogP contribution in [-0.4, -0.2) is 24.4 Å². The molecule has 1 aromatic carbocycles. The molecule has 0 spiro atoms. The van der Waals surface area contributed by atoms with E-state index in [2.05, 4.69) is 20.0 Å². The topological polar surface area (TPSA) is 110 Å². The number of anilines is 3. The Bertz CT molecular complexity index is 762. The number of halogens is 1. The van der Waals surface area contributed by atoms with E-state index in [4.69, 9.17) is 17.3 Å². The fraction of sp³-hybridized carbons (Fsp3) is 0.231. The number of nitrogen functional groups attached to an aromatic ring is 1. The van der Waals surface area contributed by atoms with Gasteiger partial charge in [0.2, 0.25) is 5.95 Å². The van der Waals surface area contributed by atoms with Gasteiger partial charge in [-0.3, -0.25) is 4.72 Å². The van der Waals surface area contributed by atoms with Gasteiger partial charge in [0.05, 0.1) is 4.90 Å². The van der Waals surface area contributed by atoms with Crippen LogP contribution >= 0.6 is 11.6 Å². The molecule has 1 heterocycles. The van der Waals surface area contributed by atoms with E-state index in [1.165, 1.54) is 30.3 Å². The van der Waals surface area contributed by atoms with Gasteiger partial charge in [-0.25, -0.2) is 13.4 Å². The van der Waals surface area contributed by atoms with E-state index < -0.39 is 10.0 Å². The Morgan fingerprint density at radius 1 is 1.18 bits per heavy atom. The molecule has 0 aliphatic rings. The van der Waals surface area contributed by atoms with Crippen LogP contribution in [0.25, 0.3) is 0 Å². The molecule has 22 heavy (non-hydrogen) atoms. The van der Waals surface area contributed by atoms with Crippen molar-refractivity contribution in [3.63, 3.8) is 0 Å². The fourth-order valence-electron chi connectivity index (χ4n) is 1.64. The number of aromatic nitrogens is 2. The van der Waals surface area contributed by atoms with Crippen molar-refractivity contribution in [3.8, 4) is 0 Å². The molecule has 0 radical (unpaired) electrons. The number of nitrogens with one attached hydrogen (secondary N) is 2. The maximum Gasteiger partial charge on any atom is 0.263 e. The first-order valence-corrected chi connectivity index (χ1v) is 8.32. The van der Waals surface area contributed by atoms with Gasteiger partial charge in [-0.15, -0.1) is 0 Å². The second-order valence-corrected chi connectivity index (χ2v) is 6.94. The van der Waals surface area contributed by atoms with Gasteiger partial charge in [-0.05, 0) is 38.1 Å². The minimum atomic E-state index is -3.77. The molecular weight excluding hydrogens is 326 g/mol. The molecule has 7 nitrogen and oxygen atoms in total. The lowest BCUT2D eigenvalue weighted by molar-refractivity contribution is 0.601. The minimum absolute atomic E-state index is 0.0785. The molecule has 0 amide bonds. The lowest BCUT2D eigenvalue weighted by atomic mass is 10.3. The summed E-state index contributed by atoms with van der Waals surface area (Å²) in [6, 6.07) is 7.25. The minimum Gasteiger partial charge on any atom is -0.399 e. The highest BCUT2D eigenvalue weighted by Gasteiger charge is 2.16. The Morgan fingerprint density at radius 3 is 2.41 bits per heavy atom. The average Bonchev–Trinajstić information content (AvgIpc) is 2.36. The summed E-state index contributed by atoms with van der Waals surface area (Å²) < 4.78 is 26.9. The summed E-state index contributed by atoms with van der Waals surface area (Å²) in [5.74, 6) is 0.331. The van der Waals surface area contributed by atoms with E-state index in [1.807, 2.05) is 13.8 Å². The number of nitrogens with zero attached hydrogens (tertiary/aromatic N) is 2. The number of hydrogen-bond donors (Lipinski definition) is 3. The van der Waals surface area contributed by atoms with Crippen molar-refractivity contribution in [2.24, 2.45) is 0 Å². The molecule has 0 atom stereocenters. The van der Waals surface area contributed by atoms with Gasteiger partial charge in [-0.1, -0.05) is 11.6 Å². The second-order valence-electron chi connectivity index (χ2n) is 4.87. The second kappa shape index (κ2) is 6.37. The zero-order chi connectivity index (χ0) is 16.3. The number of hydrogen-bond acceptors (Lipinski definition) is 6.